The third-order valence-electron chi connectivity index (χ3n) is 2.36. The van der Waals surface area contributed by atoms with Crippen molar-refractivity contribution in [3.63, 3.8) is 0 Å². The maximum absolute atomic E-state index is 5.60. The normalized spacial score (nSPS) is 11.0. The predicted molar refractivity (Wildman–Crippen MR) is 63.3 cm³/mol. The summed E-state index contributed by atoms with van der Waals surface area (Å²) < 4.78 is 5.44. The van der Waals surface area contributed by atoms with Crippen LogP contribution in [0, 0.1) is 0 Å². The van der Waals surface area contributed by atoms with E-state index in [2.05, 4.69) is 11.4 Å². The summed E-state index contributed by atoms with van der Waals surface area (Å²) in [6.45, 7) is 1.79. The molecule has 0 saturated carbocycles. The molecule has 0 bridgehead atoms. The Hall–Kier alpha value is -0.990. The number of furan rings is 1. The molecule has 1 heterocycles. The fourth-order valence-corrected chi connectivity index (χ4v) is 1.72. The van der Waals surface area contributed by atoms with Crippen LogP contribution in [-0.2, 0) is 6.54 Å². The van der Waals surface area contributed by atoms with Gasteiger partial charge in [0.1, 0.15) is 5.58 Å². The lowest BCUT2D eigenvalue weighted by atomic mass is 10.2. The first kappa shape index (κ1) is 10.5. The molecule has 0 aliphatic carbocycles. The van der Waals surface area contributed by atoms with Crippen LogP contribution in [0.2, 0.25) is 0 Å². The second kappa shape index (κ2) is 5.19. The Morgan fingerprint density at radius 1 is 1.27 bits per heavy atom. The summed E-state index contributed by atoms with van der Waals surface area (Å²) in [5.41, 5.74) is 2.16. The average Bonchev–Trinajstić information content (AvgIpc) is 2.68. The number of benzene rings is 1. The van der Waals surface area contributed by atoms with E-state index >= 15 is 0 Å². The van der Waals surface area contributed by atoms with E-state index in [1.165, 1.54) is 10.9 Å². The summed E-state index contributed by atoms with van der Waals surface area (Å²) in [6, 6.07) is 8.08. The summed E-state index contributed by atoms with van der Waals surface area (Å²) in [5, 5.41) is 4.53. The molecule has 0 amide bonds. The number of alkyl halides is 1. The van der Waals surface area contributed by atoms with Crippen LogP contribution in [-0.4, -0.2) is 12.4 Å². The van der Waals surface area contributed by atoms with E-state index in [1.54, 1.807) is 0 Å². The van der Waals surface area contributed by atoms with E-state index in [1.807, 2.05) is 24.5 Å². The van der Waals surface area contributed by atoms with Crippen LogP contribution in [0.4, 0.5) is 0 Å². The number of fused-ring (bicyclic) bond motifs is 1. The zero-order valence-electron chi connectivity index (χ0n) is 8.50. The first-order valence-electron chi connectivity index (χ1n) is 5.13. The lowest BCUT2D eigenvalue weighted by Crippen LogP contribution is -2.14. The zero-order chi connectivity index (χ0) is 10.5. The van der Waals surface area contributed by atoms with Crippen molar-refractivity contribution in [2.75, 3.05) is 12.4 Å². The smallest absolute Gasteiger partial charge is 0.134 e. The van der Waals surface area contributed by atoms with Crippen LogP contribution in [0.3, 0.4) is 0 Å². The molecule has 0 saturated heterocycles. The molecule has 2 aromatic rings. The maximum atomic E-state index is 5.60. The molecule has 0 fully saturated rings. The minimum absolute atomic E-state index is 0.707. The summed E-state index contributed by atoms with van der Waals surface area (Å²) in [4.78, 5) is 0. The number of hydrogen-bond donors (Lipinski definition) is 1. The fraction of sp³-hybridized carbons (Fsp3) is 0.333. The molecular formula is C12H14ClNO. The van der Waals surface area contributed by atoms with Crippen LogP contribution in [0.5, 0.6) is 0 Å². The standard InChI is InChI=1S/C12H14ClNO/c13-6-3-7-14-8-10-9-15-12-5-2-1-4-11(10)12/h1-2,4-5,9,14H,3,6-8H2. The minimum atomic E-state index is 0.707. The van der Waals surface area contributed by atoms with Gasteiger partial charge in [-0.2, -0.15) is 0 Å². The van der Waals surface area contributed by atoms with Crippen LogP contribution in [0.1, 0.15) is 12.0 Å². The molecule has 1 N–H and O–H groups in total. The highest BCUT2D eigenvalue weighted by atomic mass is 35.5. The highest BCUT2D eigenvalue weighted by Crippen LogP contribution is 2.20. The molecule has 80 valence electrons. The van der Waals surface area contributed by atoms with E-state index in [-0.39, 0.29) is 0 Å². The maximum Gasteiger partial charge on any atom is 0.134 e. The highest BCUT2D eigenvalue weighted by Gasteiger charge is 2.03. The molecule has 0 aliphatic rings. The zero-order valence-corrected chi connectivity index (χ0v) is 9.26. The van der Waals surface area contributed by atoms with Crippen molar-refractivity contribution in [2.24, 2.45) is 0 Å². The number of para-hydroxylation sites is 1. The largest absolute Gasteiger partial charge is 0.464 e. The van der Waals surface area contributed by atoms with Crippen molar-refractivity contribution in [2.45, 2.75) is 13.0 Å². The second-order valence-corrected chi connectivity index (χ2v) is 3.85. The van der Waals surface area contributed by atoms with Gasteiger partial charge in [0, 0.05) is 23.4 Å². The van der Waals surface area contributed by atoms with Crippen molar-refractivity contribution in [3.05, 3.63) is 36.1 Å². The number of rotatable bonds is 5. The molecule has 0 unspecified atom stereocenters. The van der Waals surface area contributed by atoms with Gasteiger partial charge in [0.05, 0.1) is 6.26 Å². The molecule has 0 atom stereocenters. The van der Waals surface area contributed by atoms with Gasteiger partial charge in [-0.1, -0.05) is 18.2 Å². The van der Waals surface area contributed by atoms with Crippen molar-refractivity contribution >= 4 is 22.6 Å². The van der Waals surface area contributed by atoms with E-state index < -0.39 is 0 Å². The Morgan fingerprint density at radius 2 is 2.13 bits per heavy atom. The molecule has 0 spiro atoms. The molecule has 0 radical (unpaired) electrons. The van der Waals surface area contributed by atoms with Gasteiger partial charge in [0.25, 0.3) is 0 Å². The first-order valence-corrected chi connectivity index (χ1v) is 5.67. The van der Waals surface area contributed by atoms with Crippen LogP contribution in [0.15, 0.2) is 34.9 Å². The number of halogens is 1. The Bertz CT molecular complexity index is 424. The van der Waals surface area contributed by atoms with Gasteiger partial charge in [-0.25, -0.2) is 0 Å². The molecule has 0 aliphatic heterocycles. The number of hydrogen-bond acceptors (Lipinski definition) is 2. The average molecular weight is 224 g/mol. The van der Waals surface area contributed by atoms with Gasteiger partial charge in [-0.05, 0) is 19.0 Å². The van der Waals surface area contributed by atoms with Crippen LogP contribution in [0.25, 0.3) is 11.0 Å². The van der Waals surface area contributed by atoms with Gasteiger partial charge in [-0.15, -0.1) is 11.6 Å². The first-order chi connectivity index (χ1) is 7.42. The van der Waals surface area contributed by atoms with Gasteiger partial charge in [0.15, 0.2) is 0 Å². The van der Waals surface area contributed by atoms with E-state index in [9.17, 15) is 0 Å². The van der Waals surface area contributed by atoms with Gasteiger partial charge < -0.3 is 9.73 Å². The van der Waals surface area contributed by atoms with Gasteiger partial charge in [0.2, 0.25) is 0 Å². The van der Waals surface area contributed by atoms with Crippen molar-refractivity contribution in [3.8, 4) is 0 Å². The lowest BCUT2D eigenvalue weighted by molar-refractivity contribution is 0.601. The molecule has 3 heteroatoms. The summed E-state index contributed by atoms with van der Waals surface area (Å²) in [6.07, 6.45) is 2.82. The predicted octanol–water partition coefficient (Wildman–Crippen LogP) is 3.15. The third kappa shape index (κ3) is 2.52. The second-order valence-electron chi connectivity index (χ2n) is 3.48. The Labute approximate surface area is 94.2 Å². The topological polar surface area (TPSA) is 25.2 Å². The molecule has 1 aromatic carbocycles. The Balaban J connectivity index is 2.02. The quantitative estimate of drug-likeness (QED) is 0.622. The Kier molecular flexibility index (Phi) is 3.64. The van der Waals surface area contributed by atoms with Crippen LogP contribution >= 0.6 is 11.6 Å². The minimum Gasteiger partial charge on any atom is -0.464 e. The molecular weight excluding hydrogens is 210 g/mol. The third-order valence-corrected chi connectivity index (χ3v) is 2.63. The fourth-order valence-electron chi connectivity index (χ4n) is 1.58. The van der Waals surface area contributed by atoms with Crippen molar-refractivity contribution < 1.29 is 4.42 Å². The van der Waals surface area contributed by atoms with E-state index in [0.717, 1.165) is 25.1 Å². The molecule has 2 nitrogen and oxygen atoms in total. The van der Waals surface area contributed by atoms with Crippen molar-refractivity contribution in [1.29, 1.82) is 0 Å². The SMILES string of the molecule is ClCCCNCc1coc2ccccc12. The Morgan fingerprint density at radius 3 is 3.00 bits per heavy atom. The molecule has 15 heavy (non-hydrogen) atoms. The monoisotopic (exact) mass is 223 g/mol. The molecule has 2 rings (SSSR count). The lowest BCUT2D eigenvalue weighted by Gasteiger charge is -2.00. The number of nitrogens with one attached hydrogen (secondary N) is 1. The summed E-state index contributed by atoms with van der Waals surface area (Å²) in [7, 11) is 0. The van der Waals surface area contributed by atoms with Gasteiger partial charge >= 0.3 is 0 Å². The van der Waals surface area contributed by atoms with E-state index in [4.69, 9.17) is 16.0 Å². The summed E-state index contributed by atoms with van der Waals surface area (Å²) in [5.74, 6) is 0.707. The van der Waals surface area contributed by atoms with Crippen molar-refractivity contribution in [1.82, 2.24) is 5.32 Å². The van der Waals surface area contributed by atoms with Crippen LogP contribution < -0.4 is 5.32 Å². The molecule has 1 aromatic heterocycles. The van der Waals surface area contributed by atoms with Gasteiger partial charge in [-0.3, -0.25) is 0 Å². The van der Waals surface area contributed by atoms with E-state index in [0.29, 0.717) is 5.88 Å². The summed E-state index contributed by atoms with van der Waals surface area (Å²) >= 11 is 5.60. The highest BCUT2D eigenvalue weighted by molar-refractivity contribution is 6.17.